The Morgan fingerprint density at radius 3 is 2.47 bits per heavy atom. The predicted octanol–water partition coefficient (Wildman–Crippen LogP) is 1.34. The molecular weight excluding hydrogens is 220 g/mol. The zero-order chi connectivity index (χ0) is 13.1. The number of rotatable bonds is 2. The van der Waals surface area contributed by atoms with E-state index in [9.17, 15) is 9.59 Å². The Labute approximate surface area is 102 Å². The predicted molar refractivity (Wildman–Crippen MR) is 64.5 cm³/mol. The van der Waals surface area contributed by atoms with Gasteiger partial charge >= 0.3 is 6.09 Å². The van der Waals surface area contributed by atoms with Crippen LogP contribution in [0.5, 0.6) is 0 Å². The zero-order valence-corrected chi connectivity index (χ0v) is 10.7. The van der Waals surface area contributed by atoms with Gasteiger partial charge in [0.05, 0.1) is 12.1 Å². The van der Waals surface area contributed by atoms with Crippen LogP contribution < -0.4 is 10.6 Å². The van der Waals surface area contributed by atoms with Crippen molar-refractivity contribution >= 4 is 12.0 Å². The van der Waals surface area contributed by atoms with Gasteiger partial charge in [-0.05, 0) is 27.2 Å². The molecule has 2 atom stereocenters. The number of ether oxygens (including phenoxy) is 1. The van der Waals surface area contributed by atoms with E-state index >= 15 is 0 Å². The van der Waals surface area contributed by atoms with Gasteiger partial charge in [-0.25, -0.2) is 4.79 Å². The summed E-state index contributed by atoms with van der Waals surface area (Å²) in [5.74, 6) is -0.113. The van der Waals surface area contributed by atoms with Crippen molar-refractivity contribution in [3.63, 3.8) is 0 Å². The molecule has 0 saturated carbocycles. The standard InChI is InChI=1S/C12H20N2O3/c1-8(15)13-9-6-5-7-10(9)14-11(16)17-12(2,3)4/h5-6,9-10H,7H2,1-4H3,(H,13,15)(H,14,16)/t9-,10+/m0/s1. The summed E-state index contributed by atoms with van der Waals surface area (Å²) >= 11 is 0. The first-order chi connectivity index (χ1) is 7.78. The van der Waals surface area contributed by atoms with E-state index in [4.69, 9.17) is 4.74 Å². The third-order valence-electron chi connectivity index (χ3n) is 2.24. The number of amides is 2. The Hall–Kier alpha value is -1.52. The van der Waals surface area contributed by atoms with Crippen LogP contribution >= 0.6 is 0 Å². The fraction of sp³-hybridized carbons (Fsp3) is 0.667. The van der Waals surface area contributed by atoms with E-state index in [0.29, 0.717) is 6.42 Å². The molecule has 0 aromatic carbocycles. The number of alkyl carbamates (subject to hydrolysis) is 1. The summed E-state index contributed by atoms with van der Waals surface area (Å²) in [6.07, 6.45) is 4.05. The maximum Gasteiger partial charge on any atom is 0.407 e. The molecule has 0 bridgehead atoms. The van der Waals surface area contributed by atoms with Crippen LogP contribution in [0.4, 0.5) is 4.79 Å². The van der Waals surface area contributed by atoms with Crippen LogP contribution in [0.3, 0.4) is 0 Å². The highest BCUT2D eigenvalue weighted by Gasteiger charge is 2.27. The Morgan fingerprint density at radius 1 is 1.29 bits per heavy atom. The van der Waals surface area contributed by atoms with Crippen molar-refractivity contribution < 1.29 is 14.3 Å². The van der Waals surface area contributed by atoms with Gasteiger partial charge in [0.25, 0.3) is 0 Å². The molecule has 0 saturated heterocycles. The topological polar surface area (TPSA) is 67.4 Å². The van der Waals surface area contributed by atoms with Crippen LogP contribution in [-0.2, 0) is 9.53 Å². The smallest absolute Gasteiger partial charge is 0.407 e. The lowest BCUT2D eigenvalue weighted by atomic mass is 10.1. The minimum absolute atomic E-state index is 0.113. The summed E-state index contributed by atoms with van der Waals surface area (Å²) < 4.78 is 5.16. The second-order valence-electron chi connectivity index (χ2n) is 5.14. The molecule has 0 aromatic rings. The van der Waals surface area contributed by atoms with Crippen molar-refractivity contribution in [1.82, 2.24) is 10.6 Å². The third kappa shape index (κ3) is 4.89. The summed E-state index contributed by atoms with van der Waals surface area (Å²) in [6.45, 7) is 6.89. The third-order valence-corrected chi connectivity index (χ3v) is 2.24. The van der Waals surface area contributed by atoms with Crippen molar-refractivity contribution in [3.05, 3.63) is 12.2 Å². The Balaban J connectivity index is 2.46. The van der Waals surface area contributed by atoms with Gasteiger partial charge in [-0.1, -0.05) is 12.2 Å². The Kier molecular flexibility index (Phi) is 4.15. The lowest BCUT2D eigenvalue weighted by Gasteiger charge is -2.24. The first-order valence-corrected chi connectivity index (χ1v) is 5.71. The van der Waals surface area contributed by atoms with Crippen molar-refractivity contribution in [2.45, 2.75) is 51.8 Å². The van der Waals surface area contributed by atoms with Gasteiger partial charge in [0.15, 0.2) is 0 Å². The van der Waals surface area contributed by atoms with Crippen LogP contribution in [0.25, 0.3) is 0 Å². The van der Waals surface area contributed by atoms with Crippen LogP contribution in [0, 0.1) is 0 Å². The molecule has 17 heavy (non-hydrogen) atoms. The molecule has 2 N–H and O–H groups in total. The SMILES string of the molecule is CC(=O)N[C@H]1C=CC[C@H]1NC(=O)OC(C)(C)C. The van der Waals surface area contributed by atoms with Crippen molar-refractivity contribution in [1.29, 1.82) is 0 Å². The molecule has 5 heteroatoms. The van der Waals surface area contributed by atoms with Gasteiger partial charge in [-0.2, -0.15) is 0 Å². The molecule has 0 heterocycles. The summed E-state index contributed by atoms with van der Waals surface area (Å²) in [6, 6.07) is -0.284. The van der Waals surface area contributed by atoms with Crippen LogP contribution in [-0.4, -0.2) is 29.7 Å². The van der Waals surface area contributed by atoms with Gasteiger partial charge in [-0.15, -0.1) is 0 Å². The van der Waals surface area contributed by atoms with E-state index in [0.717, 1.165) is 0 Å². The summed E-state index contributed by atoms with van der Waals surface area (Å²) in [5, 5.41) is 5.52. The molecule has 1 rings (SSSR count). The van der Waals surface area contributed by atoms with Gasteiger partial charge in [0.2, 0.25) is 5.91 Å². The number of carbonyl (C=O) groups is 2. The second-order valence-corrected chi connectivity index (χ2v) is 5.14. The average Bonchev–Trinajstić information content (AvgIpc) is 2.47. The largest absolute Gasteiger partial charge is 0.444 e. The van der Waals surface area contributed by atoms with Crippen molar-refractivity contribution in [2.75, 3.05) is 0 Å². The van der Waals surface area contributed by atoms with Gasteiger partial charge < -0.3 is 15.4 Å². The molecule has 0 aliphatic heterocycles. The molecule has 96 valence electrons. The van der Waals surface area contributed by atoms with E-state index in [1.54, 1.807) is 0 Å². The molecule has 5 nitrogen and oxygen atoms in total. The monoisotopic (exact) mass is 240 g/mol. The lowest BCUT2D eigenvalue weighted by Crippen LogP contribution is -2.49. The summed E-state index contributed by atoms with van der Waals surface area (Å²) in [5.41, 5.74) is -0.514. The average molecular weight is 240 g/mol. The highest BCUT2D eigenvalue weighted by Crippen LogP contribution is 2.13. The van der Waals surface area contributed by atoms with E-state index in [1.165, 1.54) is 6.92 Å². The maximum absolute atomic E-state index is 11.6. The summed E-state index contributed by atoms with van der Waals surface area (Å²) in [4.78, 5) is 22.5. The Bertz CT molecular complexity index is 331. The fourth-order valence-electron chi connectivity index (χ4n) is 1.64. The highest BCUT2D eigenvalue weighted by atomic mass is 16.6. The maximum atomic E-state index is 11.6. The first kappa shape index (κ1) is 13.5. The number of hydrogen-bond donors (Lipinski definition) is 2. The molecule has 2 amide bonds. The highest BCUT2D eigenvalue weighted by molar-refractivity contribution is 5.74. The molecule has 0 fully saturated rings. The van der Waals surface area contributed by atoms with E-state index in [1.807, 2.05) is 32.9 Å². The van der Waals surface area contributed by atoms with E-state index in [-0.39, 0.29) is 18.0 Å². The van der Waals surface area contributed by atoms with Gasteiger partial charge in [0, 0.05) is 6.92 Å². The molecular formula is C12H20N2O3. The summed E-state index contributed by atoms with van der Waals surface area (Å²) in [7, 11) is 0. The van der Waals surface area contributed by atoms with Crippen LogP contribution in [0.1, 0.15) is 34.1 Å². The van der Waals surface area contributed by atoms with Gasteiger partial charge in [0.1, 0.15) is 5.60 Å². The normalized spacial score (nSPS) is 23.3. The van der Waals surface area contributed by atoms with Crippen molar-refractivity contribution in [3.8, 4) is 0 Å². The first-order valence-electron chi connectivity index (χ1n) is 5.71. The van der Waals surface area contributed by atoms with Crippen LogP contribution in [0.15, 0.2) is 12.2 Å². The minimum atomic E-state index is -0.514. The van der Waals surface area contributed by atoms with E-state index < -0.39 is 11.7 Å². The Morgan fingerprint density at radius 2 is 1.94 bits per heavy atom. The van der Waals surface area contributed by atoms with E-state index in [2.05, 4.69) is 10.6 Å². The van der Waals surface area contributed by atoms with Crippen molar-refractivity contribution in [2.24, 2.45) is 0 Å². The molecule has 0 aromatic heterocycles. The number of nitrogens with one attached hydrogen (secondary N) is 2. The molecule has 1 aliphatic rings. The van der Waals surface area contributed by atoms with Gasteiger partial charge in [-0.3, -0.25) is 4.79 Å². The molecule has 1 aliphatic carbocycles. The lowest BCUT2D eigenvalue weighted by molar-refractivity contribution is -0.119. The van der Waals surface area contributed by atoms with Crippen LogP contribution in [0.2, 0.25) is 0 Å². The minimum Gasteiger partial charge on any atom is -0.444 e. The molecule has 0 unspecified atom stereocenters. The quantitative estimate of drug-likeness (QED) is 0.716. The number of carbonyl (C=O) groups excluding carboxylic acids is 2. The molecule has 0 radical (unpaired) electrons. The zero-order valence-electron chi connectivity index (χ0n) is 10.7. The molecule has 0 spiro atoms. The second kappa shape index (κ2) is 5.21. The fourth-order valence-corrected chi connectivity index (χ4v) is 1.64. The number of hydrogen-bond acceptors (Lipinski definition) is 3.